The predicted molar refractivity (Wildman–Crippen MR) is 87.3 cm³/mol. The molecule has 1 aliphatic heterocycles. The third kappa shape index (κ3) is 3.73. The average Bonchev–Trinajstić information content (AvgIpc) is 3.26. The minimum absolute atomic E-state index is 0.0609. The fourth-order valence-corrected chi connectivity index (χ4v) is 4.43. The number of hydrogen-bond donors (Lipinski definition) is 3. The summed E-state index contributed by atoms with van der Waals surface area (Å²) in [5.41, 5.74) is 0.207. The van der Waals surface area contributed by atoms with Gasteiger partial charge in [-0.25, -0.2) is 13.1 Å². The second-order valence-electron chi connectivity index (χ2n) is 6.37. The number of rotatable bonds is 6. The van der Waals surface area contributed by atoms with Crippen LogP contribution in [0, 0.1) is 11.3 Å². The summed E-state index contributed by atoms with van der Waals surface area (Å²) in [5.74, 6) is 0.168. The minimum Gasteiger partial charge on any atom is -0.355 e. The smallest absolute Gasteiger partial charge is 0.240 e. The Balaban J connectivity index is 1.41. The van der Waals surface area contributed by atoms with Gasteiger partial charge in [0, 0.05) is 19.0 Å². The molecule has 1 unspecified atom stereocenters. The first kappa shape index (κ1) is 16.4. The molecule has 1 heterocycles. The van der Waals surface area contributed by atoms with Gasteiger partial charge in [0.05, 0.1) is 4.90 Å². The molecular formula is C16H23N3O3S. The Bertz CT molecular complexity index is 654. The molecule has 7 heteroatoms. The van der Waals surface area contributed by atoms with Gasteiger partial charge in [0.25, 0.3) is 0 Å². The molecule has 6 nitrogen and oxygen atoms in total. The van der Waals surface area contributed by atoms with Gasteiger partial charge in [-0.2, -0.15) is 0 Å². The lowest BCUT2D eigenvalue weighted by atomic mass is 9.92. The van der Waals surface area contributed by atoms with Crippen LogP contribution >= 0.6 is 0 Å². The summed E-state index contributed by atoms with van der Waals surface area (Å²) in [6.07, 6.45) is 3.09. The molecule has 1 saturated heterocycles. The summed E-state index contributed by atoms with van der Waals surface area (Å²) in [6, 6.07) is 8.23. The van der Waals surface area contributed by atoms with E-state index in [1.165, 1.54) is 0 Å². The molecule has 23 heavy (non-hydrogen) atoms. The van der Waals surface area contributed by atoms with Gasteiger partial charge in [-0.1, -0.05) is 18.2 Å². The Hall–Kier alpha value is -1.44. The van der Waals surface area contributed by atoms with Gasteiger partial charge in [-0.3, -0.25) is 4.79 Å². The maximum Gasteiger partial charge on any atom is 0.240 e. The van der Waals surface area contributed by atoms with Gasteiger partial charge in [-0.05, 0) is 49.9 Å². The number of carbonyl (C=O) groups excluding carboxylic acids is 1. The number of piperidine rings is 1. The van der Waals surface area contributed by atoms with E-state index in [1.807, 2.05) is 0 Å². The highest BCUT2D eigenvalue weighted by Crippen LogP contribution is 2.58. The number of nitrogens with one attached hydrogen (secondary N) is 3. The molecule has 2 fully saturated rings. The average molecular weight is 337 g/mol. The molecule has 0 aromatic heterocycles. The standard InChI is InChI=1S/C16H23N3O3S/c20-15(14-12-16(14)6-8-17-9-7-16)18-10-11-19-23(21,22)13-4-2-1-3-5-13/h1-5,14,17,19H,6-12H2,(H,18,20). The molecule has 3 rings (SSSR count). The van der Waals surface area contributed by atoms with Crippen LogP contribution in [0.25, 0.3) is 0 Å². The molecule has 1 spiro atoms. The van der Waals surface area contributed by atoms with E-state index in [1.54, 1.807) is 30.3 Å². The second kappa shape index (κ2) is 6.59. The van der Waals surface area contributed by atoms with Crippen molar-refractivity contribution in [3.05, 3.63) is 30.3 Å². The van der Waals surface area contributed by atoms with Crippen LogP contribution in [0.1, 0.15) is 19.3 Å². The zero-order valence-corrected chi connectivity index (χ0v) is 13.9. The topological polar surface area (TPSA) is 87.3 Å². The van der Waals surface area contributed by atoms with E-state index in [0.717, 1.165) is 32.4 Å². The van der Waals surface area contributed by atoms with Gasteiger partial charge >= 0.3 is 0 Å². The van der Waals surface area contributed by atoms with Crippen LogP contribution in [0.3, 0.4) is 0 Å². The Morgan fingerprint density at radius 3 is 2.57 bits per heavy atom. The van der Waals surface area contributed by atoms with E-state index in [4.69, 9.17) is 0 Å². The Morgan fingerprint density at radius 2 is 1.87 bits per heavy atom. The lowest BCUT2D eigenvalue weighted by Gasteiger charge is -2.23. The third-order valence-corrected chi connectivity index (χ3v) is 6.35. The van der Waals surface area contributed by atoms with Crippen LogP contribution < -0.4 is 15.4 Å². The molecule has 1 aliphatic carbocycles. The molecule has 1 aromatic carbocycles. The van der Waals surface area contributed by atoms with Gasteiger partial charge in [0.1, 0.15) is 0 Å². The lowest BCUT2D eigenvalue weighted by Crippen LogP contribution is -2.37. The molecule has 126 valence electrons. The number of sulfonamides is 1. The van der Waals surface area contributed by atoms with Gasteiger partial charge in [-0.15, -0.1) is 0 Å². The molecule has 1 atom stereocenters. The van der Waals surface area contributed by atoms with Gasteiger partial charge in [0.15, 0.2) is 0 Å². The first-order valence-electron chi connectivity index (χ1n) is 8.07. The van der Waals surface area contributed by atoms with Crippen molar-refractivity contribution >= 4 is 15.9 Å². The Morgan fingerprint density at radius 1 is 1.17 bits per heavy atom. The fourth-order valence-electron chi connectivity index (χ4n) is 3.37. The van der Waals surface area contributed by atoms with E-state index >= 15 is 0 Å². The van der Waals surface area contributed by atoms with Gasteiger partial charge < -0.3 is 10.6 Å². The molecular weight excluding hydrogens is 314 g/mol. The van der Waals surface area contributed by atoms with E-state index in [-0.39, 0.29) is 28.7 Å². The summed E-state index contributed by atoms with van der Waals surface area (Å²) in [5, 5.41) is 6.17. The van der Waals surface area contributed by atoms with Gasteiger partial charge in [0.2, 0.25) is 15.9 Å². The van der Waals surface area contributed by atoms with Crippen molar-refractivity contribution in [3.63, 3.8) is 0 Å². The van der Waals surface area contributed by atoms with Crippen molar-refractivity contribution in [1.82, 2.24) is 15.4 Å². The number of benzene rings is 1. The number of carbonyl (C=O) groups is 1. The monoisotopic (exact) mass is 337 g/mol. The van der Waals surface area contributed by atoms with Crippen LogP contribution in [0.2, 0.25) is 0 Å². The van der Waals surface area contributed by atoms with Crippen LogP contribution in [-0.4, -0.2) is 40.5 Å². The highest BCUT2D eigenvalue weighted by atomic mass is 32.2. The molecule has 0 bridgehead atoms. The van der Waals surface area contributed by atoms with Crippen molar-refractivity contribution in [2.75, 3.05) is 26.2 Å². The Kier molecular flexibility index (Phi) is 4.70. The molecule has 3 N–H and O–H groups in total. The van der Waals surface area contributed by atoms with Crippen molar-refractivity contribution in [1.29, 1.82) is 0 Å². The minimum atomic E-state index is -3.50. The van der Waals surface area contributed by atoms with Crippen LogP contribution in [0.15, 0.2) is 35.2 Å². The third-order valence-electron chi connectivity index (χ3n) is 4.88. The highest BCUT2D eigenvalue weighted by Gasteiger charge is 2.57. The largest absolute Gasteiger partial charge is 0.355 e. The maximum absolute atomic E-state index is 12.2. The lowest BCUT2D eigenvalue weighted by molar-refractivity contribution is -0.123. The summed E-state index contributed by atoms with van der Waals surface area (Å²) >= 11 is 0. The predicted octanol–water partition coefficient (Wildman–Crippen LogP) is 0.471. The van der Waals surface area contributed by atoms with Crippen LogP contribution in [-0.2, 0) is 14.8 Å². The number of hydrogen-bond acceptors (Lipinski definition) is 4. The summed E-state index contributed by atoms with van der Waals surface area (Å²) in [6.45, 7) is 2.49. The Labute approximate surface area is 137 Å². The molecule has 1 saturated carbocycles. The molecule has 0 radical (unpaired) electrons. The normalized spacial score (nSPS) is 22.7. The van der Waals surface area contributed by atoms with Crippen LogP contribution in [0.5, 0.6) is 0 Å². The van der Waals surface area contributed by atoms with E-state index in [2.05, 4.69) is 15.4 Å². The molecule has 1 aromatic rings. The van der Waals surface area contributed by atoms with Crippen LogP contribution in [0.4, 0.5) is 0 Å². The van der Waals surface area contributed by atoms with E-state index in [9.17, 15) is 13.2 Å². The number of amides is 1. The fraction of sp³-hybridized carbons (Fsp3) is 0.562. The summed E-state index contributed by atoms with van der Waals surface area (Å²) in [4.78, 5) is 12.4. The zero-order chi connectivity index (χ0) is 16.3. The highest BCUT2D eigenvalue weighted by molar-refractivity contribution is 7.89. The SMILES string of the molecule is O=C(NCCNS(=O)(=O)c1ccccc1)C1CC12CCNCC2. The van der Waals surface area contributed by atoms with Crippen molar-refractivity contribution < 1.29 is 13.2 Å². The zero-order valence-electron chi connectivity index (χ0n) is 13.0. The molecule has 2 aliphatic rings. The maximum atomic E-state index is 12.2. The first-order valence-corrected chi connectivity index (χ1v) is 9.55. The quantitative estimate of drug-likeness (QED) is 0.659. The first-order chi connectivity index (χ1) is 11.0. The van der Waals surface area contributed by atoms with E-state index in [0.29, 0.717) is 6.54 Å². The molecule has 1 amide bonds. The van der Waals surface area contributed by atoms with Crippen molar-refractivity contribution in [2.24, 2.45) is 11.3 Å². The second-order valence-corrected chi connectivity index (χ2v) is 8.14. The van der Waals surface area contributed by atoms with Crippen molar-refractivity contribution in [2.45, 2.75) is 24.2 Å². The summed E-state index contributed by atoms with van der Waals surface area (Å²) in [7, 11) is -3.50. The van der Waals surface area contributed by atoms with E-state index < -0.39 is 10.0 Å². The van der Waals surface area contributed by atoms with Crippen molar-refractivity contribution in [3.8, 4) is 0 Å². The summed E-state index contributed by atoms with van der Waals surface area (Å²) < 4.78 is 26.6.